The minimum Gasteiger partial charge on any atom is -0.444 e. The monoisotopic (exact) mass is 254 g/mol. The lowest BCUT2D eigenvalue weighted by Gasteiger charge is -2.27. The molecular formula is C6H22O3Si4. The van der Waals surface area contributed by atoms with Crippen LogP contribution in [0.2, 0.25) is 39.3 Å². The third-order valence-electron chi connectivity index (χ3n) is 2.00. The van der Waals surface area contributed by atoms with Gasteiger partial charge in [0.25, 0.3) is 9.28 Å². The third kappa shape index (κ3) is 6.77. The summed E-state index contributed by atoms with van der Waals surface area (Å²) in [7, 11) is -5.47. The standard InChI is InChI=1S/C6H22O3Si4/c1-10(7)8-11(2)9-12(3)13(4,5)6/h7,10-12H,1-6H3. The molecule has 0 saturated heterocycles. The van der Waals surface area contributed by atoms with E-state index in [-0.39, 0.29) is 0 Å². The van der Waals surface area contributed by atoms with Gasteiger partial charge < -0.3 is 13.0 Å². The molecule has 0 aliphatic carbocycles. The van der Waals surface area contributed by atoms with Crippen LogP contribution in [0.4, 0.5) is 0 Å². The Balaban J connectivity index is 3.85. The Morgan fingerprint density at radius 1 is 1.00 bits per heavy atom. The average molecular weight is 255 g/mol. The second-order valence-corrected chi connectivity index (χ2v) is 22.6. The fourth-order valence-corrected chi connectivity index (χ4v) is 13.2. The highest BCUT2D eigenvalue weighted by Gasteiger charge is 2.27. The summed E-state index contributed by atoms with van der Waals surface area (Å²) in [6.45, 7) is 13.1. The molecule has 80 valence electrons. The van der Waals surface area contributed by atoms with Gasteiger partial charge in [-0.3, -0.25) is 0 Å². The quantitative estimate of drug-likeness (QED) is 0.726. The summed E-state index contributed by atoms with van der Waals surface area (Å²) >= 11 is 0. The molecule has 0 saturated carbocycles. The average Bonchev–Trinajstić information content (AvgIpc) is 1.82. The lowest BCUT2D eigenvalue weighted by Crippen LogP contribution is -2.46. The van der Waals surface area contributed by atoms with E-state index in [2.05, 4.69) is 26.2 Å². The molecular weight excluding hydrogens is 232 g/mol. The molecule has 0 spiro atoms. The minimum atomic E-state index is -1.87. The van der Waals surface area contributed by atoms with Crippen molar-refractivity contribution >= 4 is 34.7 Å². The van der Waals surface area contributed by atoms with Crippen LogP contribution in [0.15, 0.2) is 0 Å². The van der Waals surface area contributed by atoms with E-state index in [1.807, 2.05) is 6.55 Å². The van der Waals surface area contributed by atoms with Crippen LogP contribution in [0.5, 0.6) is 0 Å². The fourth-order valence-electron chi connectivity index (χ4n) is 0.801. The molecule has 0 heterocycles. The van der Waals surface area contributed by atoms with Crippen molar-refractivity contribution in [2.24, 2.45) is 0 Å². The summed E-state index contributed by atoms with van der Waals surface area (Å²) in [4.78, 5) is 9.14. The smallest absolute Gasteiger partial charge is 0.306 e. The largest absolute Gasteiger partial charge is 0.444 e. The molecule has 0 radical (unpaired) electrons. The molecule has 3 nitrogen and oxygen atoms in total. The molecule has 13 heavy (non-hydrogen) atoms. The molecule has 0 aromatic heterocycles. The summed E-state index contributed by atoms with van der Waals surface area (Å²) in [6, 6.07) is 0. The van der Waals surface area contributed by atoms with Gasteiger partial charge in [0.1, 0.15) is 8.56 Å². The van der Waals surface area contributed by atoms with Crippen molar-refractivity contribution in [3.8, 4) is 0 Å². The van der Waals surface area contributed by atoms with Crippen LogP contribution in [0.3, 0.4) is 0 Å². The van der Waals surface area contributed by atoms with Crippen molar-refractivity contribution in [2.45, 2.75) is 39.3 Å². The minimum absolute atomic E-state index is 1.02. The summed E-state index contributed by atoms with van der Waals surface area (Å²) < 4.78 is 11.3. The second-order valence-electron chi connectivity index (χ2n) is 4.45. The van der Waals surface area contributed by atoms with Gasteiger partial charge in [0, 0.05) is 0 Å². The van der Waals surface area contributed by atoms with E-state index >= 15 is 0 Å². The van der Waals surface area contributed by atoms with E-state index < -0.39 is 34.7 Å². The molecule has 0 fully saturated rings. The highest BCUT2D eigenvalue weighted by Crippen LogP contribution is 2.08. The molecule has 0 aliphatic rings. The van der Waals surface area contributed by atoms with Crippen LogP contribution in [0.25, 0.3) is 0 Å². The van der Waals surface area contributed by atoms with E-state index in [4.69, 9.17) is 13.0 Å². The van der Waals surface area contributed by atoms with E-state index in [9.17, 15) is 0 Å². The summed E-state index contributed by atoms with van der Waals surface area (Å²) in [5.74, 6) is 0. The van der Waals surface area contributed by atoms with Crippen LogP contribution in [-0.2, 0) is 8.23 Å². The SMILES string of the molecule is C[SiH](O)O[SiH](C)O[SiH](C)[Si](C)(C)C. The Hall–Kier alpha value is 0.748. The number of hydrogen-bond acceptors (Lipinski definition) is 3. The van der Waals surface area contributed by atoms with Gasteiger partial charge in [-0.2, -0.15) is 0 Å². The lowest BCUT2D eigenvalue weighted by molar-refractivity contribution is 0.378. The van der Waals surface area contributed by atoms with Gasteiger partial charge in [-0.15, -0.1) is 0 Å². The van der Waals surface area contributed by atoms with E-state index in [0.717, 1.165) is 0 Å². The second kappa shape index (κ2) is 5.59. The van der Waals surface area contributed by atoms with Gasteiger partial charge in [0.05, 0.1) is 7.59 Å². The molecule has 3 unspecified atom stereocenters. The van der Waals surface area contributed by atoms with Crippen LogP contribution >= 0.6 is 0 Å². The highest BCUT2D eigenvalue weighted by molar-refractivity contribution is 7.29. The first kappa shape index (κ1) is 13.7. The predicted molar refractivity (Wildman–Crippen MR) is 66.8 cm³/mol. The summed E-state index contributed by atoms with van der Waals surface area (Å²) in [6.07, 6.45) is 0. The molecule has 0 bridgehead atoms. The fraction of sp³-hybridized carbons (Fsp3) is 1.00. The lowest BCUT2D eigenvalue weighted by atomic mass is 11.8. The van der Waals surface area contributed by atoms with E-state index in [1.165, 1.54) is 0 Å². The van der Waals surface area contributed by atoms with Crippen LogP contribution in [0.1, 0.15) is 0 Å². The predicted octanol–water partition coefficient (Wildman–Crippen LogP) is 0.483. The van der Waals surface area contributed by atoms with Gasteiger partial charge in [0.15, 0.2) is 0 Å². The molecule has 0 rings (SSSR count). The van der Waals surface area contributed by atoms with Gasteiger partial charge in [-0.1, -0.05) is 26.2 Å². The Morgan fingerprint density at radius 2 is 1.46 bits per heavy atom. The normalized spacial score (nSPS) is 19.6. The van der Waals surface area contributed by atoms with E-state index in [1.54, 1.807) is 6.55 Å². The first-order valence-corrected chi connectivity index (χ1v) is 15.9. The third-order valence-corrected chi connectivity index (χ3v) is 19.3. The van der Waals surface area contributed by atoms with Crippen molar-refractivity contribution in [3.05, 3.63) is 0 Å². The highest BCUT2D eigenvalue weighted by atomic mass is 29.2. The van der Waals surface area contributed by atoms with Crippen molar-refractivity contribution in [1.29, 1.82) is 0 Å². The Labute approximate surface area is 87.3 Å². The Bertz CT molecular complexity index is 147. The topological polar surface area (TPSA) is 38.7 Å². The van der Waals surface area contributed by atoms with Crippen LogP contribution in [-0.4, -0.2) is 39.5 Å². The summed E-state index contributed by atoms with van der Waals surface area (Å²) in [5, 5.41) is 0. The van der Waals surface area contributed by atoms with Crippen LogP contribution < -0.4 is 0 Å². The zero-order valence-electron chi connectivity index (χ0n) is 9.50. The van der Waals surface area contributed by atoms with Gasteiger partial charge in [-0.25, -0.2) is 0 Å². The van der Waals surface area contributed by atoms with Crippen molar-refractivity contribution < 1.29 is 13.0 Å². The Kier molecular flexibility index (Phi) is 5.91. The van der Waals surface area contributed by atoms with Gasteiger partial charge in [0.2, 0.25) is 0 Å². The van der Waals surface area contributed by atoms with Gasteiger partial charge >= 0.3 is 9.28 Å². The van der Waals surface area contributed by atoms with Crippen molar-refractivity contribution in [1.82, 2.24) is 0 Å². The van der Waals surface area contributed by atoms with E-state index in [0.29, 0.717) is 0 Å². The molecule has 1 N–H and O–H groups in total. The molecule has 0 aromatic carbocycles. The number of hydrogen-bond donors (Lipinski definition) is 1. The van der Waals surface area contributed by atoms with Crippen molar-refractivity contribution in [2.75, 3.05) is 0 Å². The van der Waals surface area contributed by atoms with Crippen molar-refractivity contribution in [3.63, 3.8) is 0 Å². The molecule has 0 aromatic rings. The molecule has 0 amide bonds. The zero-order valence-corrected chi connectivity index (χ0v) is 14.0. The maximum absolute atomic E-state index is 9.14. The first-order chi connectivity index (χ1) is 5.73. The summed E-state index contributed by atoms with van der Waals surface area (Å²) in [5.41, 5.74) is 0. The molecule has 0 aliphatic heterocycles. The maximum atomic E-state index is 9.14. The molecule has 3 atom stereocenters. The zero-order chi connectivity index (χ0) is 10.6. The first-order valence-electron chi connectivity index (χ1n) is 4.72. The number of rotatable bonds is 5. The van der Waals surface area contributed by atoms with Gasteiger partial charge in [-0.05, 0) is 13.1 Å². The van der Waals surface area contributed by atoms with Crippen LogP contribution in [0, 0.1) is 0 Å². The molecule has 7 heteroatoms. The maximum Gasteiger partial charge on any atom is 0.306 e. The Morgan fingerprint density at radius 3 is 1.77 bits per heavy atom.